The third-order valence-corrected chi connectivity index (χ3v) is 3.79. The van der Waals surface area contributed by atoms with Crippen molar-refractivity contribution < 1.29 is 4.74 Å². The van der Waals surface area contributed by atoms with Crippen LogP contribution in [0.15, 0.2) is 42.5 Å². The lowest BCUT2D eigenvalue weighted by molar-refractivity contribution is 0.413. The second kappa shape index (κ2) is 7.27. The molecule has 116 valence electrons. The Balaban J connectivity index is 2.02. The Morgan fingerprint density at radius 2 is 1.82 bits per heavy atom. The van der Waals surface area contributed by atoms with Crippen LogP contribution in [0.1, 0.15) is 16.7 Å². The van der Waals surface area contributed by atoms with Crippen molar-refractivity contribution in [2.45, 2.75) is 20.4 Å². The highest BCUT2D eigenvalue weighted by atomic mass is 32.1. The second-order valence-corrected chi connectivity index (χ2v) is 5.90. The Bertz CT molecular complexity index is 650. The maximum absolute atomic E-state index is 5.49. The highest BCUT2D eigenvalue weighted by Gasteiger charge is 2.07. The van der Waals surface area contributed by atoms with Crippen molar-refractivity contribution in [2.75, 3.05) is 19.5 Å². The fraction of sp³-hybridized carbons (Fsp3) is 0.278. The molecule has 2 rings (SSSR count). The van der Waals surface area contributed by atoms with Crippen molar-refractivity contribution in [2.24, 2.45) is 0 Å². The molecular formula is C18H22N2OS. The molecule has 22 heavy (non-hydrogen) atoms. The van der Waals surface area contributed by atoms with Gasteiger partial charge >= 0.3 is 0 Å². The van der Waals surface area contributed by atoms with E-state index in [0.29, 0.717) is 5.11 Å². The number of thiocarbonyl (C=S) groups is 1. The molecule has 0 spiro atoms. The third kappa shape index (κ3) is 4.46. The average molecular weight is 314 g/mol. The molecule has 0 amide bonds. The van der Waals surface area contributed by atoms with Crippen molar-refractivity contribution >= 4 is 23.0 Å². The van der Waals surface area contributed by atoms with E-state index in [1.54, 1.807) is 7.11 Å². The molecule has 0 aliphatic rings. The van der Waals surface area contributed by atoms with Gasteiger partial charge in [-0.25, -0.2) is 0 Å². The summed E-state index contributed by atoms with van der Waals surface area (Å²) in [5, 5.41) is 4.00. The lowest BCUT2D eigenvalue weighted by atomic mass is 10.1. The smallest absolute Gasteiger partial charge is 0.173 e. The molecular weight excluding hydrogens is 292 g/mol. The highest BCUT2D eigenvalue weighted by molar-refractivity contribution is 7.80. The SMILES string of the molecule is COc1cccc(CN(C)C(=S)Nc2cc(C)cc(C)c2)c1. The van der Waals surface area contributed by atoms with Crippen LogP contribution in [0.3, 0.4) is 0 Å². The summed E-state index contributed by atoms with van der Waals surface area (Å²) in [7, 11) is 3.66. The summed E-state index contributed by atoms with van der Waals surface area (Å²) in [6.45, 7) is 4.90. The van der Waals surface area contributed by atoms with E-state index in [1.165, 1.54) is 11.1 Å². The molecule has 0 aliphatic carbocycles. The van der Waals surface area contributed by atoms with Gasteiger partial charge in [0.05, 0.1) is 7.11 Å². The average Bonchev–Trinajstić information content (AvgIpc) is 2.46. The Morgan fingerprint density at radius 1 is 1.14 bits per heavy atom. The summed E-state index contributed by atoms with van der Waals surface area (Å²) in [6, 6.07) is 14.4. The molecule has 0 saturated carbocycles. The van der Waals surface area contributed by atoms with Crippen LogP contribution in [0.2, 0.25) is 0 Å². The van der Waals surface area contributed by atoms with Gasteiger partial charge in [-0.2, -0.15) is 0 Å². The van der Waals surface area contributed by atoms with E-state index in [0.717, 1.165) is 23.5 Å². The Hall–Kier alpha value is -2.07. The molecule has 0 unspecified atom stereocenters. The van der Waals surface area contributed by atoms with Gasteiger partial charge in [0.1, 0.15) is 5.75 Å². The van der Waals surface area contributed by atoms with Gasteiger partial charge < -0.3 is 15.0 Å². The van der Waals surface area contributed by atoms with Crippen LogP contribution in [0.25, 0.3) is 0 Å². The number of nitrogens with zero attached hydrogens (tertiary/aromatic N) is 1. The van der Waals surface area contributed by atoms with Gasteiger partial charge in [-0.05, 0) is 67.0 Å². The Morgan fingerprint density at radius 3 is 2.45 bits per heavy atom. The van der Waals surface area contributed by atoms with E-state index >= 15 is 0 Å². The van der Waals surface area contributed by atoms with E-state index in [9.17, 15) is 0 Å². The molecule has 0 bridgehead atoms. The van der Waals surface area contributed by atoms with Crippen LogP contribution in [0, 0.1) is 13.8 Å². The molecule has 0 radical (unpaired) electrons. The summed E-state index contributed by atoms with van der Waals surface area (Å²) in [5.74, 6) is 0.860. The zero-order chi connectivity index (χ0) is 16.1. The number of ether oxygens (including phenoxy) is 1. The highest BCUT2D eigenvalue weighted by Crippen LogP contribution is 2.16. The van der Waals surface area contributed by atoms with Gasteiger partial charge in [0.2, 0.25) is 0 Å². The van der Waals surface area contributed by atoms with Gasteiger partial charge in [0.15, 0.2) is 5.11 Å². The number of benzene rings is 2. The van der Waals surface area contributed by atoms with Gasteiger partial charge in [-0.15, -0.1) is 0 Å². The third-order valence-electron chi connectivity index (χ3n) is 3.37. The minimum absolute atomic E-state index is 0.702. The largest absolute Gasteiger partial charge is 0.497 e. The molecule has 2 aromatic carbocycles. The fourth-order valence-electron chi connectivity index (χ4n) is 2.38. The summed E-state index contributed by atoms with van der Waals surface area (Å²) < 4.78 is 5.25. The van der Waals surface area contributed by atoms with E-state index in [2.05, 4.69) is 43.4 Å². The Kier molecular flexibility index (Phi) is 5.39. The van der Waals surface area contributed by atoms with Crippen LogP contribution < -0.4 is 10.1 Å². The quantitative estimate of drug-likeness (QED) is 0.857. The van der Waals surface area contributed by atoms with Gasteiger partial charge in [0, 0.05) is 19.3 Å². The maximum Gasteiger partial charge on any atom is 0.173 e. The predicted molar refractivity (Wildman–Crippen MR) is 96.6 cm³/mol. The predicted octanol–water partition coefficient (Wildman–Crippen LogP) is 4.14. The van der Waals surface area contributed by atoms with Crippen molar-refractivity contribution in [3.8, 4) is 5.75 Å². The first-order chi connectivity index (χ1) is 10.5. The zero-order valence-electron chi connectivity index (χ0n) is 13.5. The Labute approximate surface area is 137 Å². The van der Waals surface area contributed by atoms with Crippen LogP contribution >= 0.6 is 12.2 Å². The second-order valence-electron chi connectivity index (χ2n) is 5.51. The number of hydrogen-bond acceptors (Lipinski definition) is 2. The number of nitrogens with one attached hydrogen (secondary N) is 1. The van der Waals surface area contributed by atoms with Crippen LogP contribution in [-0.2, 0) is 6.54 Å². The molecule has 0 atom stereocenters. The summed E-state index contributed by atoms with van der Waals surface area (Å²) >= 11 is 5.49. The van der Waals surface area contributed by atoms with E-state index < -0.39 is 0 Å². The standard InChI is InChI=1S/C18H22N2OS/c1-13-8-14(2)10-16(9-13)19-18(22)20(3)12-15-6-5-7-17(11-15)21-4/h5-11H,12H2,1-4H3,(H,19,22). The van der Waals surface area contributed by atoms with Crippen LogP contribution in [0.5, 0.6) is 5.75 Å². The first-order valence-electron chi connectivity index (χ1n) is 7.21. The van der Waals surface area contributed by atoms with E-state index in [1.807, 2.05) is 30.1 Å². The molecule has 0 aliphatic heterocycles. The molecule has 1 N–H and O–H groups in total. The number of aryl methyl sites for hydroxylation is 2. The number of methoxy groups -OCH3 is 1. The zero-order valence-corrected chi connectivity index (χ0v) is 14.3. The van der Waals surface area contributed by atoms with Crippen molar-refractivity contribution in [3.05, 3.63) is 59.2 Å². The lowest BCUT2D eigenvalue weighted by Gasteiger charge is -2.21. The van der Waals surface area contributed by atoms with Gasteiger partial charge in [-0.1, -0.05) is 18.2 Å². The molecule has 0 saturated heterocycles. The lowest BCUT2D eigenvalue weighted by Crippen LogP contribution is -2.30. The van der Waals surface area contributed by atoms with Crippen molar-refractivity contribution in [1.82, 2.24) is 4.90 Å². The monoisotopic (exact) mass is 314 g/mol. The topological polar surface area (TPSA) is 24.5 Å². The van der Waals surface area contributed by atoms with Gasteiger partial charge in [-0.3, -0.25) is 0 Å². The molecule has 2 aromatic rings. The first kappa shape index (κ1) is 16.3. The van der Waals surface area contributed by atoms with Crippen LogP contribution in [0.4, 0.5) is 5.69 Å². The fourth-order valence-corrected chi connectivity index (χ4v) is 2.56. The summed E-state index contributed by atoms with van der Waals surface area (Å²) in [4.78, 5) is 2.02. The number of hydrogen-bond donors (Lipinski definition) is 1. The first-order valence-corrected chi connectivity index (χ1v) is 7.62. The minimum Gasteiger partial charge on any atom is -0.497 e. The summed E-state index contributed by atoms with van der Waals surface area (Å²) in [5.41, 5.74) is 4.63. The van der Waals surface area contributed by atoms with E-state index in [4.69, 9.17) is 17.0 Å². The minimum atomic E-state index is 0.702. The van der Waals surface area contributed by atoms with E-state index in [-0.39, 0.29) is 0 Å². The molecule has 0 heterocycles. The molecule has 0 fully saturated rings. The van der Waals surface area contributed by atoms with Crippen molar-refractivity contribution in [3.63, 3.8) is 0 Å². The van der Waals surface area contributed by atoms with Crippen molar-refractivity contribution in [1.29, 1.82) is 0 Å². The van der Waals surface area contributed by atoms with Gasteiger partial charge in [0.25, 0.3) is 0 Å². The molecule has 4 heteroatoms. The maximum atomic E-state index is 5.49. The van der Waals surface area contributed by atoms with Crippen LogP contribution in [-0.4, -0.2) is 24.2 Å². The molecule has 0 aromatic heterocycles. The number of rotatable bonds is 4. The summed E-state index contributed by atoms with van der Waals surface area (Å²) in [6.07, 6.45) is 0. The normalized spacial score (nSPS) is 10.2. The molecule has 3 nitrogen and oxygen atoms in total. The number of anilines is 1.